The summed E-state index contributed by atoms with van der Waals surface area (Å²) in [6, 6.07) is 57.6. The highest BCUT2D eigenvalue weighted by Gasteiger charge is 2.18. The Morgan fingerprint density at radius 1 is 0.511 bits per heavy atom. The van der Waals surface area contributed by atoms with Gasteiger partial charge in [0.15, 0.2) is 0 Å². The van der Waals surface area contributed by atoms with Crippen LogP contribution in [0.2, 0.25) is 0 Å². The predicted molar refractivity (Wildman–Crippen MR) is 194 cm³/mol. The van der Waals surface area contributed by atoms with Crippen LogP contribution in [-0.2, 0) is 0 Å². The summed E-state index contributed by atoms with van der Waals surface area (Å²) < 4.78 is 4.37. The van der Waals surface area contributed by atoms with Gasteiger partial charge in [-0.25, -0.2) is 9.50 Å². The predicted octanol–water partition coefficient (Wildman–Crippen LogP) is 10.8. The van der Waals surface area contributed by atoms with Crippen LogP contribution in [0.4, 0.5) is 0 Å². The summed E-state index contributed by atoms with van der Waals surface area (Å²) in [7, 11) is 0. The normalized spacial score (nSPS) is 11.5. The first kappa shape index (κ1) is 27.1. The summed E-state index contributed by atoms with van der Waals surface area (Å²) in [4.78, 5) is 5.05. The van der Waals surface area contributed by atoms with Crippen molar-refractivity contribution in [1.82, 2.24) is 19.2 Å². The molecule has 4 nitrogen and oxygen atoms in total. The lowest BCUT2D eigenvalue weighted by molar-refractivity contribution is 0.979. The highest BCUT2D eigenvalue weighted by atomic mass is 15.2. The third kappa shape index (κ3) is 4.53. The quantitative estimate of drug-likeness (QED) is 0.196. The first-order valence-electron chi connectivity index (χ1n) is 15.9. The van der Waals surface area contributed by atoms with E-state index in [-0.39, 0.29) is 0 Å². The maximum Gasteiger partial charge on any atom is 0.145 e. The molecule has 4 heteroatoms. The third-order valence-electron chi connectivity index (χ3n) is 9.12. The standard InChI is InChI=1S/C43H30N4/c1-29-41(45-47-40(31-13-4-2-5-14-31)28-34-15-8-9-20-37(34)42(29)47)35-17-12-16-33(27-35)30-23-25-32(26-24-30)43-44-38-21-10-11-22-39(38)46(43)36-18-6-3-7-19-36/h2-28H,1H3. The van der Waals surface area contributed by atoms with Crippen LogP contribution >= 0.6 is 0 Å². The van der Waals surface area contributed by atoms with Crippen LogP contribution in [0.1, 0.15) is 5.56 Å². The fraction of sp³-hybridized carbons (Fsp3) is 0.0233. The van der Waals surface area contributed by atoms with E-state index in [4.69, 9.17) is 10.1 Å². The fourth-order valence-corrected chi connectivity index (χ4v) is 6.84. The maximum atomic E-state index is 5.26. The number of aromatic nitrogens is 4. The largest absolute Gasteiger partial charge is 0.292 e. The van der Waals surface area contributed by atoms with Crippen LogP contribution in [0.15, 0.2) is 164 Å². The van der Waals surface area contributed by atoms with Crippen molar-refractivity contribution in [3.63, 3.8) is 0 Å². The Morgan fingerprint density at radius 3 is 2.00 bits per heavy atom. The van der Waals surface area contributed by atoms with Gasteiger partial charge in [-0.05, 0) is 59.8 Å². The molecular formula is C43H30N4. The SMILES string of the molecule is Cc1c(-c2cccc(-c3ccc(-c4nc5ccccc5n4-c4ccccc4)cc3)c2)nn2c(-c3ccccc3)cc3ccccc3c12. The molecule has 0 aliphatic carbocycles. The average Bonchev–Trinajstić information content (AvgIpc) is 3.71. The van der Waals surface area contributed by atoms with Crippen molar-refractivity contribution in [2.24, 2.45) is 0 Å². The molecule has 0 atom stereocenters. The number of para-hydroxylation sites is 3. The molecule has 0 unspecified atom stereocenters. The van der Waals surface area contributed by atoms with E-state index in [1.165, 1.54) is 16.3 Å². The maximum absolute atomic E-state index is 5.26. The number of fused-ring (bicyclic) bond motifs is 4. The molecule has 0 spiro atoms. The van der Waals surface area contributed by atoms with Gasteiger partial charge in [-0.2, -0.15) is 5.10 Å². The van der Waals surface area contributed by atoms with Crippen molar-refractivity contribution in [1.29, 1.82) is 0 Å². The van der Waals surface area contributed by atoms with Crippen molar-refractivity contribution in [2.45, 2.75) is 6.92 Å². The molecule has 0 N–H and O–H groups in total. The van der Waals surface area contributed by atoms with Gasteiger partial charge in [-0.15, -0.1) is 0 Å². The second-order valence-electron chi connectivity index (χ2n) is 12.0. The Morgan fingerprint density at radius 2 is 1.17 bits per heavy atom. The van der Waals surface area contributed by atoms with Gasteiger partial charge < -0.3 is 0 Å². The van der Waals surface area contributed by atoms with Gasteiger partial charge in [-0.1, -0.05) is 127 Å². The molecule has 3 aromatic heterocycles. The van der Waals surface area contributed by atoms with Crippen LogP contribution in [0.5, 0.6) is 0 Å². The van der Waals surface area contributed by atoms with E-state index in [1.807, 2.05) is 12.1 Å². The Labute approximate surface area is 272 Å². The Bertz CT molecular complexity index is 2560. The molecule has 0 saturated carbocycles. The van der Waals surface area contributed by atoms with E-state index in [9.17, 15) is 0 Å². The molecule has 47 heavy (non-hydrogen) atoms. The van der Waals surface area contributed by atoms with E-state index in [0.717, 1.165) is 67.3 Å². The van der Waals surface area contributed by atoms with Gasteiger partial charge in [0.1, 0.15) is 5.82 Å². The second kappa shape index (κ2) is 11.0. The molecule has 3 heterocycles. The molecule has 0 bridgehead atoms. The van der Waals surface area contributed by atoms with Crippen LogP contribution < -0.4 is 0 Å². The second-order valence-corrected chi connectivity index (χ2v) is 12.0. The van der Waals surface area contributed by atoms with Gasteiger partial charge in [0.2, 0.25) is 0 Å². The number of hydrogen-bond acceptors (Lipinski definition) is 2. The van der Waals surface area contributed by atoms with Crippen molar-refractivity contribution in [3.05, 3.63) is 169 Å². The summed E-state index contributed by atoms with van der Waals surface area (Å²) in [5.41, 5.74) is 13.2. The number of nitrogens with zero attached hydrogens (tertiary/aromatic N) is 4. The summed E-state index contributed by atoms with van der Waals surface area (Å²) >= 11 is 0. The van der Waals surface area contributed by atoms with Gasteiger partial charge in [0, 0.05) is 33.3 Å². The van der Waals surface area contributed by atoms with Crippen molar-refractivity contribution >= 4 is 27.3 Å². The van der Waals surface area contributed by atoms with Crippen molar-refractivity contribution in [3.8, 4) is 50.7 Å². The lowest BCUT2D eigenvalue weighted by Gasteiger charge is -2.10. The molecule has 6 aromatic carbocycles. The number of pyridine rings is 1. The number of imidazole rings is 1. The lowest BCUT2D eigenvalue weighted by atomic mass is 9.98. The van der Waals surface area contributed by atoms with Gasteiger partial charge in [0.25, 0.3) is 0 Å². The van der Waals surface area contributed by atoms with Crippen LogP contribution in [0.3, 0.4) is 0 Å². The van der Waals surface area contributed by atoms with Crippen LogP contribution in [0, 0.1) is 6.92 Å². The first-order valence-corrected chi connectivity index (χ1v) is 15.9. The zero-order valence-corrected chi connectivity index (χ0v) is 25.9. The molecule has 0 radical (unpaired) electrons. The Kier molecular flexibility index (Phi) is 6.32. The van der Waals surface area contributed by atoms with E-state index < -0.39 is 0 Å². The minimum Gasteiger partial charge on any atom is -0.292 e. The van der Waals surface area contributed by atoms with E-state index in [0.29, 0.717) is 0 Å². The third-order valence-corrected chi connectivity index (χ3v) is 9.12. The molecular weight excluding hydrogens is 573 g/mol. The summed E-state index contributed by atoms with van der Waals surface area (Å²) in [6.07, 6.45) is 0. The topological polar surface area (TPSA) is 35.1 Å². The number of benzene rings is 6. The molecule has 222 valence electrons. The first-order chi connectivity index (χ1) is 23.2. The minimum absolute atomic E-state index is 0.930. The molecule has 0 aliphatic heterocycles. The Hall–Kier alpha value is -6.26. The Balaban J connectivity index is 1.14. The minimum atomic E-state index is 0.930. The molecule has 9 aromatic rings. The fourth-order valence-electron chi connectivity index (χ4n) is 6.84. The molecule has 0 fully saturated rings. The van der Waals surface area contributed by atoms with Crippen LogP contribution in [-0.4, -0.2) is 19.2 Å². The average molecular weight is 603 g/mol. The molecule has 0 aliphatic rings. The van der Waals surface area contributed by atoms with E-state index in [1.54, 1.807) is 0 Å². The lowest BCUT2D eigenvalue weighted by Crippen LogP contribution is -1.97. The molecule has 0 saturated heterocycles. The highest BCUT2D eigenvalue weighted by Crippen LogP contribution is 2.36. The molecule has 0 amide bonds. The number of rotatable bonds is 5. The van der Waals surface area contributed by atoms with Gasteiger partial charge in [-0.3, -0.25) is 4.57 Å². The zero-order chi connectivity index (χ0) is 31.3. The van der Waals surface area contributed by atoms with Crippen molar-refractivity contribution < 1.29 is 0 Å². The zero-order valence-electron chi connectivity index (χ0n) is 25.9. The van der Waals surface area contributed by atoms with Gasteiger partial charge in [0.05, 0.1) is 27.9 Å². The number of aryl methyl sites for hydroxylation is 1. The van der Waals surface area contributed by atoms with Crippen molar-refractivity contribution in [2.75, 3.05) is 0 Å². The summed E-state index contributed by atoms with van der Waals surface area (Å²) in [6.45, 7) is 2.19. The smallest absolute Gasteiger partial charge is 0.145 e. The molecule has 9 rings (SSSR count). The summed E-state index contributed by atoms with van der Waals surface area (Å²) in [5, 5.41) is 7.68. The van der Waals surface area contributed by atoms with Gasteiger partial charge >= 0.3 is 0 Å². The highest BCUT2D eigenvalue weighted by molar-refractivity contribution is 6.01. The number of hydrogen-bond donors (Lipinski definition) is 0. The summed E-state index contributed by atoms with van der Waals surface area (Å²) in [5.74, 6) is 0.930. The van der Waals surface area contributed by atoms with Crippen LogP contribution in [0.25, 0.3) is 78.0 Å². The monoisotopic (exact) mass is 602 g/mol. The van der Waals surface area contributed by atoms with E-state index in [2.05, 4.69) is 168 Å². The van der Waals surface area contributed by atoms with E-state index >= 15 is 0 Å².